The van der Waals surface area contributed by atoms with Gasteiger partial charge in [-0.1, -0.05) is 263 Å². The van der Waals surface area contributed by atoms with Gasteiger partial charge in [0.2, 0.25) is 5.91 Å². The highest BCUT2D eigenvalue weighted by atomic mass is 16.8. The van der Waals surface area contributed by atoms with Crippen LogP contribution in [0.4, 0.5) is 0 Å². The van der Waals surface area contributed by atoms with Crippen LogP contribution in [0.15, 0.2) is 134 Å². The van der Waals surface area contributed by atoms with E-state index >= 15 is 0 Å². The highest BCUT2D eigenvalue weighted by Gasteiger charge is 2.53. The van der Waals surface area contributed by atoms with Crippen LogP contribution in [0.1, 0.15) is 245 Å². The van der Waals surface area contributed by atoms with E-state index in [9.17, 15) is 61.0 Å². The highest BCUT2D eigenvalue weighted by Crippen LogP contribution is 2.33. The molecule has 12 N–H and O–H groups in total. The lowest BCUT2D eigenvalue weighted by Crippen LogP contribution is -2.66. The Bertz CT molecular complexity index is 2350. The first kappa shape index (κ1) is 91.1. The zero-order chi connectivity index (χ0) is 73.2. The number of ether oxygens (including phenoxy) is 6. The van der Waals surface area contributed by atoms with Gasteiger partial charge in [-0.3, -0.25) is 4.79 Å². The quantitative estimate of drug-likeness (QED) is 0.0199. The number of carbonyl (C=O) groups is 1. The molecule has 3 aliphatic rings. The second kappa shape index (κ2) is 61.1. The number of unbranched alkanes of at least 4 members (excludes halogenated alkanes) is 23. The Morgan fingerprint density at radius 2 is 0.693 bits per heavy atom. The summed E-state index contributed by atoms with van der Waals surface area (Å²) in [5, 5.41) is 121. The third kappa shape index (κ3) is 41.4. The number of hydrogen-bond acceptors (Lipinski definition) is 18. The monoisotopic (exact) mass is 1420 g/mol. The van der Waals surface area contributed by atoms with Crippen molar-refractivity contribution in [3.63, 3.8) is 0 Å². The fraction of sp³-hybridized carbons (Fsp3) is 0.720. The van der Waals surface area contributed by atoms with E-state index in [1.165, 1.54) is 89.9 Å². The molecule has 3 fully saturated rings. The van der Waals surface area contributed by atoms with Crippen LogP contribution in [0.3, 0.4) is 0 Å². The third-order valence-electron chi connectivity index (χ3n) is 18.4. The van der Waals surface area contributed by atoms with Crippen LogP contribution in [0.5, 0.6) is 0 Å². The molecule has 3 aliphatic heterocycles. The Labute approximate surface area is 607 Å². The Morgan fingerprint density at radius 3 is 1.11 bits per heavy atom. The van der Waals surface area contributed by atoms with Gasteiger partial charge >= 0.3 is 0 Å². The second-order valence-corrected chi connectivity index (χ2v) is 27.1. The van der Waals surface area contributed by atoms with Crippen LogP contribution < -0.4 is 5.32 Å². The average Bonchev–Trinajstić information content (AvgIpc) is 0.783. The van der Waals surface area contributed by atoms with Crippen molar-refractivity contribution in [1.82, 2.24) is 5.32 Å². The number of carbonyl (C=O) groups excluding carboxylic acids is 1. The number of allylic oxidation sites excluding steroid dienone is 21. The molecule has 17 atom stereocenters. The molecule has 101 heavy (non-hydrogen) atoms. The minimum Gasteiger partial charge on any atom is -0.394 e. The zero-order valence-corrected chi connectivity index (χ0v) is 61.6. The van der Waals surface area contributed by atoms with Gasteiger partial charge in [-0.05, 0) is 109 Å². The van der Waals surface area contributed by atoms with Gasteiger partial charge in [-0.25, -0.2) is 0 Å². The summed E-state index contributed by atoms with van der Waals surface area (Å²) in [6.45, 7) is 1.59. The SMILES string of the molecule is CC/C=C\C/C=C\C/C=C\C/C=C\C/C=C\C/C=C\C/C=C\C/C=C\CCCCCCCCCCC(=O)NC(COC1OC(CO)C(OC2OC(CO)C(OC3OC(CO)C(O)C(O)C3O)C(O)C2O)C(O)C1O)C(O)/C=C/CC/C=C/CC/C=C/CCCCCCCCCCCCCCC. The molecule has 0 radical (unpaired) electrons. The van der Waals surface area contributed by atoms with Crippen LogP contribution in [-0.4, -0.2) is 193 Å². The van der Waals surface area contributed by atoms with Gasteiger partial charge in [-0.15, -0.1) is 0 Å². The van der Waals surface area contributed by atoms with Gasteiger partial charge in [0.15, 0.2) is 18.9 Å². The lowest BCUT2D eigenvalue weighted by molar-refractivity contribution is -0.379. The summed E-state index contributed by atoms with van der Waals surface area (Å²) < 4.78 is 34.4. The lowest BCUT2D eigenvalue weighted by atomic mass is 9.96. The summed E-state index contributed by atoms with van der Waals surface area (Å²) in [4.78, 5) is 13.5. The van der Waals surface area contributed by atoms with E-state index in [1.54, 1.807) is 6.08 Å². The van der Waals surface area contributed by atoms with Gasteiger partial charge in [0.25, 0.3) is 0 Å². The van der Waals surface area contributed by atoms with Crippen molar-refractivity contribution < 1.29 is 89.4 Å². The Kier molecular flexibility index (Phi) is 55.2. The first-order chi connectivity index (χ1) is 49.3. The summed E-state index contributed by atoms with van der Waals surface area (Å²) in [5.74, 6) is -0.303. The smallest absolute Gasteiger partial charge is 0.220 e. The zero-order valence-electron chi connectivity index (χ0n) is 61.6. The van der Waals surface area contributed by atoms with Crippen molar-refractivity contribution in [3.05, 3.63) is 134 Å². The number of nitrogens with one attached hydrogen (secondary N) is 1. The lowest BCUT2D eigenvalue weighted by Gasteiger charge is -2.48. The largest absolute Gasteiger partial charge is 0.394 e. The molecule has 3 saturated heterocycles. The van der Waals surface area contributed by atoms with E-state index in [0.29, 0.717) is 12.8 Å². The minimum atomic E-state index is -1.99. The number of aliphatic hydroxyl groups is 11. The predicted octanol–water partition coefficient (Wildman–Crippen LogP) is 12.5. The number of rotatable bonds is 59. The summed E-state index contributed by atoms with van der Waals surface area (Å²) in [6.07, 6.45) is 59.9. The number of aliphatic hydroxyl groups excluding tert-OH is 11. The first-order valence-corrected chi connectivity index (χ1v) is 38.9. The summed E-state index contributed by atoms with van der Waals surface area (Å²) in [7, 11) is 0. The van der Waals surface area contributed by atoms with Gasteiger partial charge in [0.05, 0.1) is 38.6 Å². The Morgan fingerprint density at radius 1 is 0.366 bits per heavy atom. The maximum absolute atomic E-state index is 13.5. The van der Waals surface area contributed by atoms with Gasteiger partial charge in [-0.2, -0.15) is 0 Å². The van der Waals surface area contributed by atoms with Crippen LogP contribution in [0.25, 0.3) is 0 Å². The normalized spacial score (nSPS) is 27.1. The maximum atomic E-state index is 13.5. The molecule has 0 aromatic heterocycles. The standard InChI is InChI=1S/C82H137NO18/c1-3-5-7-9-11-13-15-17-19-21-23-25-27-28-29-30-31-32-33-34-35-36-38-40-42-44-46-48-50-52-54-56-58-60-70(88)83-65(66(87)59-57-55-53-51-49-47-45-43-41-39-37-26-24-22-20-18-16-14-12-10-8-6-4-2)64-96-80-76(94)73(91)78(68(62-85)98-80)101-82-77(95)74(92)79(69(63-86)99-82)100-81-75(93)72(90)71(89)67(61-84)97-81/h5,7,11,13,17,19,23,25,28-29,31-32,34-35,38,40-41,43,49,51,57,59,65-69,71-82,84-87,89-95H,3-4,6,8-10,12,14-16,18,20-22,24,26-27,30,33,36-37,39,42,44-48,50,52-56,58,60-64H2,1-2H3,(H,83,88)/b7-5-,13-11-,19-17-,25-23-,29-28-,32-31-,35-34-,40-38-,43-41+,51-49+,59-57+. The molecule has 0 aromatic rings. The summed E-state index contributed by atoms with van der Waals surface area (Å²) in [5.41, 5.74) is 0. The van der Waals surface area contributed by atoms with E-state index in [1.807, 2.05) is 6.08 Å². The molecule has 0 spiro atoms. The van der Waals surface area contributed by atoms with Gasteiger partial charge in [0, 0.05) is 6.42 Å². The molecule has 17 unspecified atom stereocenters. The molecule has 1 amide bonds. The summed E-state index contributed by atoms with van der Waals surface area (Å²) >= 11 is 0. The Hall–Kier alpha value is -4.07. The molecule has 3 rings (SSSR count). The van der Waals surface area contributed by atoms with E-state index in [4.69, 9.17) is 28.4 Å². The first-order valence-electron chi connectivity index (χ1n) is 38.9. The molecule has 19 nitrogen and oxygen atoms in total. The van der Waals surface area contributed by atoms with Crippen molar-refractivity contribution in [1.29, 1.82) is 0 Å². The fourth-order valence-corrected chi connectivity index (χ4v) is 12.2. The molecule has 578 valence electrons. The van der Waals surface area contributed by atoms with Gasteiger partial charge in [0.1, 0.15) is 73.2 Å². The summed E-state index contributed by atoms with van der Waals surface area (Å²) in [6, 6.07) is -1.01. The minimum absolute atomic E-state index is 0.213. The predicted molar refractivity (Wildman–Crippen MR) is 401 cm³/mol. The third-order valence-corrected chi connectivity index (χ3v) is 18.4. The van der Waals surface area contributed by atoms with E-state index in [-0.39, 0.29) is 18.9 Å². The second-order valence-electron chi connectivity index (χ2n) is 27.1. The molecule has 3 heterocycles. The number of amides is 1. The maximum Gasteiger partial charge on any atom is 0.220 e. The average molecular weight is 1420 g/mol. The van der Waals surface area contributed by atoms with Crippen molar-refractivity contribution in [2.75, 3.05) is 26.4 Å². The molecule has 0 saturated carbocycles. The van der Waals surface area contributed by atoms with Gasteiger partial charge < -0.3 is 89.9 Å². The van der Waals surface area contributed by atoms with Crippen LogP contribution in [-0.2, 0) is 33.2 Å². The molecule has 0 bridgehead atoms. The molecular formula is C82H137NO18. The van der Waals surface area contributed by atoms with E-state index in [0.717, 1.165) is 122 Å². The van der Waals surface area contributed by atoms with Crippen LogP contribution in [0.2, 0.25) is 0 Å². The Balaban J connectivity index is 1.41. The van der Waals surface area contributed by atoms with E-state index in [2.05, 4.69) is 141 Å². The van der Waals surface area contributed by atoms with Crippen molar-refractivity contribution in [2.24, 2.45) is 0 Å². The van der Waals surface area contributed by atoms with Crippen LogP contribution in [0, 0.1) is 0 Å². The van der Waals surface area contributed by atoms with Crippen LogP contribution >= 0.6 is 0 Å². The highest BCUT2D eigenvalue weighted by molar-refractivity contribution is 5.76. The topological polar surface area (TPSA) is 307 Å². The van der Waals surface area contributed by atoms with Crippen molar-refractivity contribution >= 4 is 5.91 Å². The molecule has 19 heteroatoms. The molecule has 0 aliphatic carbocycles. The number of hydrogen-bond donors (Lipinski definition) is 12. The molecular weight excluding hydrogens is 1290 g/mol. The molecule has 0 aromatic carbocycles. The van der Waals surface area contributed by atoms with Crippen molar-refractivity contribution in [3.8, 4) is 0 Å². The van der Waals surface area contributed by atoms with E-state index < -0.39 is 124 Å². The fourth-order valence-electron chi connectivity index (χ4n) is 12.2. The van der Waals surface area contributed by atoms with Crippen molar-refractivity contribution in [2.45, 2.75) is 349 Å².